The Morgan fingerprint density at radius 1 is 1.47 bits per heavy atom. The molecule has 2 nitrogen and oxygen atoms in total. The van der Waals surface area contributed by atoms with Gasteiger partial charge in [-0.15, -0.1) is 0 Å². The van der Waals surface area contributed by atoms with Crippen molar-refractivity contribution in [3.05, 3.63) is 34.3 Å². The summed E-state index contributed by atoms with van der Waals surface area (Å²) in [7, 11) is 0. The second-order valence-corrected chi connectivity index (χ2v) is 6.29. The van der Waals surface area contributed by atoms with Gasteiger partial charge in [0.15, 0.2) is 0 Å². The minimum Gasteiger partial charge on any atom is -0.336 e. The summed E-state index contributed by atoms with van der Waals surface area (Å²) in [6.07, 6.45) is 4.51. The Labute approximate surface area is 128 Å². The fraction of sp³-hybridized carbons (Fsp3) is 0.533. The largest absolute Gasteiger partial charge is 0.336 e. The van der Waals surface area contributed by atoms with Crippen LogP contribution in [0.25, 0.3) is 0 Å². The van der Waals surface area contributed by atoms with E-state index >= 15 is 0 Å². The van der Waals surface area contributed by atoms with Gasteiger partial charge >= 0.3 is 0 Å². The molecule has 0 atom stereocenters. The van der Waals surface area contributed by atoms with Gasteiger partial charge in [0.05, 0.1) is 0 Å². The molecule has 0 unspecified atom stereocenters. The maximum absolute atomic E-state index is 12.6. The first-order valence-electron chi connectivity index (χ1n) is 6.76. The van der Waals surface area contributed by atoms with Crippen molar-refractivity contribution in [3.63, 3.8) is 0 Å². The van der Waals surface area contributed by atoms with Gasteiger partial charge < -0.3 is 4.90 Å². The maximum Gasteiger partial charge on any atom is 0.254 e. The molecule has 1 aliphatic carbocycles. The molecule has 1 fully saturated rings. The molecule has 1 aromatic carbocycles. The number of rotatable bonds is 5. The van der Waals surface area contributed by atoms with Crippen LogP contribution in [0.3, 0.4) is 0 Å². The normalized spacial score (nSPS) is 15.1. The highest BCUT2D eigenvalue weighted by atomic mass is 79.9. The molecular weight excluding hydrogens is 326 g/mol. The van der Waals surface area contributed by atoms with Gasteiger partial charge in [0.25, 0.3) is 5.91 Å². The van der Waals surface area contributed by atoms with Crippen molar-refractivity contribution < 1.29 is 4.79 Å². The molecule has 19 heavy (non-hydrogen) atoms. The number of benzene rings is 1. The first-order chi connectivity index (χ1) is 9.13. The molecule has 2 rings (SSSR count). The summed E-state index contributed by atoms with van der Waals surface area (Å²) in [6.45, 7) is 2.77. The highest BCUT2D eigenvalue weighted by Gasteiger charge is 2.28. The third kappa shape index (κ3) is 3.51. The Kier molecular flexibility index (Phi) is 5.28. The highest BCUT2D eigenvalue weighted by molar-refractivity contribution is 9.09. The van der Waals surface area contributed by atoms with Gasteiger partial charge in [-0.3, -0.25) is 4.79 Å². The van der Waals surface area contributed by atoms with E-state index in [2.05, 4.69) is 15.9 Å². The van der Waals surface area contributed by atoms with Crippen LogP contribution >= 0.6 is 27.5 Å². The molecule has 104 valence electrons. The van der Waals surface area contributed by atoms with Crippen LogP contribution in [-0.2, 0) is 0 Å². The van der Waals surface area contributed by atoms with Crippen LogP contribution in [-0.4, -0.2) is 28.7 Å². The Morgan fingerprint density at radius 2 is 2.21 bits per heavy atom. The number of aryl methyl sites for hydroxylation is 1. The van der Waals surface area contributed by atoms with Crippen LogP contribution in [0.2, 0.25) is 5.02 Å². The fourth-order valence-corrected chi connectivity index (χ4v) is 2.69. The number of carbonyl (C=O) groups is 1. The Hall–Kier alpha value is -0.540. The lowest BCUT2D eigenvalue weighted by molar-refractivity contribution is 0.0581. The molecule has 1 aromatic rings. The van der Waals surface area contributed by atoms with Gasteiger partial charge in [0, 0.05) is 28.5 Å². The molecule has 0 bridgehead atoms. The number of halogens is 2. The summed E-state index contributed by atoms with van der Waals surface area (Å²) in [6, 6.07) is 5.97. The Morgan fingerprint density at radius 3 is 2.74 bits per heavy atom. The van der Waals surface area contributed by atoms with Gasteiger partial charge in [-0.05, 0) is 56.4 Å². The molecule has 0 N–H and O–H groups in total. The van der Waals surface area contributed by atoms with E-state index in [4.69, 9.17) is 11.6 Å². The minimum absolute atomic E-state index is 0.144. The van der Waals surface area contributed by atoms with Crippen LogP contribution in [0.1, 0.15) is 41.6 Å². The van der Waals surface area contributed by atoms with Crippen LogP contribution in [0, 0.1) is 6.92 Å². The van der Waals surface area contributed by atoms with E-state index in [9.17, 15) is 4.79 Å². The topological polar surface area (TPSA) is 20.3 Å². The molecule has 4 heteroatoms. The lowest BCUT2D eigenvalue weighted by Gasteiger charge is -2.37. The SMILES string of the molecule is Cc1cc(C(=O)N(CCCBr)C2CCC2)ccc1Cl. The van der Waals surface area contributed by atoms with Crippen molar-refractivity contribution in [3.8, 4) is 0 Å². The van der Waals surface area contributed by atoms with Crippen LogP contribution in [0.15, 0.2) is 18.2 Å². The van der Waals surface area contributed by atoms with Crippen molar-refractivity contribution in [2.45, 2.75) is 38.6 Å². The number of hydrogen-bond donors (Lipinski definition) is 0. The number of amides is 1. The summed E-state index contributed by atoms with van der Waals surface area (Å²) in [5.74, 6) is 0.144. The van der Waals surface area contributed by atoms with Crippen LogP contribution in [0.5, 0.6) is 0 Å². The third-order valence-electron chi connectivity index (χ3n) is 3.71. The molecule has 1 saturated carbocycles. The zero-order chi connectivity index (χ0) is 13.8. The number of carbonyl (C=O) groups excluding carboxylic acids is 1. The molecule has 1 amide bonds. The van der Waals surface area contributed by atoms with Crippen molar-refractivity contribution in [1.29, 1.82) is 0 Å². The van der Waals surface area contributed by atoms with Gasteiger partial charge in [0.1, 0.15) is 0 Å². The number of alkyl halides is 1. The smallest absolute Gasteiger partial charge is 0.254 e. The maximum atomic E-state index is 12.6. The first kappa shape index (κ1) is 14.9. The van der Waals surface area contributed by atoms with E-state index in [0.717, 1.165) is 42.3 Å². The Balaban J connectivity index is 2.15. The van der Waals surface area contributed by atoms with Crippen LogP contribution < -0.4 is 0 Å². The lowest BCUT2D eigenvalue weighted by Crippen LogP contribution is -2.44. The second-order valence-electron chi connectivity index (χ2n) is 5.09. The number of nitrogens with zero attached hydrogens (tertiary/aromatic N) is 1. The molecular formula is C15H19BrClNO. The van der Waals surface area contributed by atoms with E-state index in [1.165, 1.54) is 6.42 Å². The molecule has 1 aliphatic rings. The lowest BCUT2D eigenvalue weighted by atomic mass is 9.90. The molecule has 0 radical (unpaired) electrons. The van der Waals surface area contributed by atoms with Gasteiger partial charge in [-0.2, -0.15) is 0 Å². The molecule has 0 aromatic heterocycles. The monoisotopic (exact) mass is 343 g/mol. The predicted octanol–water partition coefficient (Wildman–Crippen LogP) is 4.43. The third-order valence-corrected chi connectivity index (χ3v) is 4.70. The molecule has 0 spiro atoms. The zero-order valence-corrected chi connectivity index (χ0v) is 13.5. The van der Waals surface area contributed by atoms with E-state index in [0.29, 0.717) is 11.1 Å². The van der Waals surface area contributed by atoms with Gasteiger partial charge in [-0.1, -0.05) is 27.5 Å². The fourth-order valence-electron chi connectivity index (χ4n) is 2.32. The van der Waals surface area contributed by atoms with Crippen molar-refractivity contribution >= 4 is 33.4 Å². The zero-order valence-electron chi connectivity index (χ0n) is 11.2. The van der Waals surface area contributed by atoms with Gasteiger partial charge in [-0.25, -0.2) is 0 Å². The average Bonchev–Trinajstić information content (AvgIpc) is 2.34. The summed E-state index contributed by atoms with van der Waals surface area (Å²) < 4.78 is 0. The standard InChI is InChI=1S/C15H19BrClNO/c1-11-10-12(6-7-14(11)17)15(19)18(9-3-8-16)13-4-2-5-13/h6-7,10,13H,2-5,8-9H2,1H3. The molecule has 0 aliphatic heterocycles. The summed E-state index contributed by atoms with van der Waals surface area (Å²) in [4.78, 5) is 14.7. The predicted molar refractivity (Wildman–Crippen MR) is 83.3 cm³/mol. The summed E-state index contributed by atoms with van der Waals surface area (Å²) in [5, 5.41) is 1.65. The minimum atomic E-state index is 0.144. The van der Waals surface area contributed by atoms with Crippen molar-refractivity contribution in [1.82, 2.24) is 4.90 Å². The van der Waals surface area contributed by atoms with Crippen molar-refractivity contribution in [2.24, 2.45) is 0 Å². The van der Waals surface area contributed by atoms with E-state index in [1.807, 2.05) is 30.0 Å². The van der Waals surface area contributed by atoms with E-state index < -0.39 is 0 Å². The Bertz CT molecular complexity index is 459. The molecule has 0 saturated heterocycles. The highest BCUT2D eigenvalue weighted by Crippen LogP contribution is 2.27. The second kappa shape index (κ2) is 6.76. The summed E-state index contributed by atoms with van der Waals surface area (Å²) >= 11 is 9.46. The van der Waals surface area contributed by atoms with E-state index in [-0.39, 0.29) is 5.91 Å². The number of hydrogen-bond acceptors (Lipinski definition) is 1. The summed E-state index contributed by atoms with van der Waals surface area (Å²) in [5.41, 5.74) is 1.71. The quantitative estimate of drug-likeness (QED) is 0.724. The average molecular weight is 345 g/mol. The van der Waals surface area contributed by atoms with E-state index in [1.54, 1.807) is 0 Å². The van der Waals surface area contributed by atoms with Crippen LogP contribution in [0.4, 0.5) is 0 Å². The first-order valence-corrected chi connectivity index (χ1v) is 8.26. The molecule has 0 heterocycles. The van der Waals surface area contributed by atoms with Crippen molar-refractivity contribution in [2.75, 3.05) is 11.9 Å². The van der Waals surface area contributed by atoms with Gasteiger partial charge in [0.2, 0.25) is 0 Å².